The quantitative estimate of drug-likeness (QED) is 0.933. The van der Waals surface area contributed by atoms with Crippen LogP contribution in [-0.4, -0.2) is 43.3 Å². The summed E-state index contributed by atoms with van der Waals surface area (Å²) in [6.07, 6.45) is 3.90. The lowest BCUT2D eigenvalue weighted by Crippen LogP contribution is -2.43. The molecule has 23 heavy (non-hydrogen) atoms. The number of nitrogens with zero attached hydrogens (tertiary/aromatic N) is 4. The number of hydrogen-bond donors (Lipinski definition) is 1. The third-order valence-electron chi connectivity index (χ3n) is 4.43. The van der Waals surface area contributed by atoms with Crippen LogP contribution in [0.25, 0.3) is 0 Å². The molecule has 1 saturated heterocycles. The maximum Gasteiger partial charge on any atom is 0.242 e. The molecule has 2 atom stereocenters. The predicted octanol–water partition coefficient (Wildman–Crippen LogP) is 1.76. The van der Waals surface area contributed by atoms with E-state index in [0.29, 0.717) is 5.82 Å². The molecular weight excluding hydrogens is 292 g/mol. The van der Waals surface area contributed by atoms with Crippen molar-refractivity contribution in [2.45, 2.75) is 44.9 Å². The maximum atomic E-state index is 12.6. The van der Waals surface area contributed by atoms with Gasteiger partial charge in [0.15, 0.2) is 5.82 Å². The summed E-state index contributed by atoms with van der Waals surface area (Å²) in [5.41, 5.74) is 0.737. The zero-order valence-corrected chi connectivity index (χ0v) is 13.3. The van der Waals surface area contributed by atoms with Gasteiger partial charge in [-0.2, -0.15) is 0 Å². The highest BCUT2D eigenvalue weighted by atomic mass is 16.3. The summed E-state index contributed by atoms with van der Waals surface area (Å²) in [5, 5.41) is 18.4. The van der Waals surface area contributed by atoms with Gasteiger partial charge in [-0.1, -0.05) is 30.3 Å². The lowest BCUT2D eigenvalue weighted by molar-refractivity contribution is -0.135. The molecule has 0 spiro atoms. The van der Waals surface area contributed by atoms with E-state index in [1.54, 1.807) is 4.57 Å². The van der Waals surface area contributed by atoms with Gasteiger partial charge in [0.2, 0.25) is 5.91 Å². The van der Waals surface area contributed by atoms with E-state index in [-0.39, 0.29) is 18.5 Å². The van der Waals surface area contributed by atoms with E-state index in [2.05, 4.69) is 17.1 Å². The number of hydrogen-bond acceptors (Lipinski definition) is 4. The van der Waals surface area contributed by atoms with Gasteiger partial charge in [0.05, 0.1) is 0 Å². The van der Waals surface area contributed by atoms with Crippen LogP contribution >= 0.6 is 0 Å². The number of aliphatic hydroxyl groups excluding tert-OH is 1. The standard InChI is InChI=1S/C17H22N4O2/c1-13-7-5-6-10-21(13)15(22)11-20-12-18-19-17(20)16(23)14-8-3-2-4-9-14/h2-4,8-9,12-13,16,23H,5-7,10-11H2,1H3. The number of carbonyl (C=O) groups is 1. The predicted molar refractivity (Wildman–Crippen MR) is 85.6 cm³/mol. The topological polar surface area (TPSA) is 71.2 Å². The average molecular weight is 314 g/mol. The molecule has 6 nitrogen and oxygen atoms in total. The second-order valence-corrected chi connectivity index (χ2v) is 6.06. The zero-order valence-electron chi connectivity index (χ0n) is 13.3. The summed E-state index contributed by atoms with van der Waals surface area (Å²) in [6, 6.07) is 9.55. The van der Waals surface area contributed by atoms with E-state index < -0.39 is 6.10 Å². The van der Waals surface area contributed by atoms with Gasteiger partial charge in [-0.25, -0.2) is 0 Å². The van der Waals surface area contributed by atoms with Crippen LogP contribution in [0, 0.1) is 0 Å². The molecule has 6 heteroatoms. The minimum absolute atomic E-state index is 0.0542. The minimum atomic E-state index is -0.884. The van der Waals surface area contributed by atoms with E-state index in [0.717, 1.165) is 24.9 Å². The fourth-order valence-corrected chi connectivity index (χ4v) is 3.09. The van der Waals surface area contributed by atoms with E-state index in [4.69, 9.17) is 0 Å². The number of piperidine rings is 1. The van der Waals surface area contributed by atoms with E-state index >= 15 is 0 Å². The monoisotopic (exact) mass is 314 g/mol. The third-order valence-corrected chi connectivity index (χ3v) is 4.43. The first-order valence-electron chi connectivity index (χ1n) is 8.07. The van der Waals surface area contributed by atoms with Crippen molar-refractivity contribution in [2.75, 3.05) is 6.54 Å². The maximum absolute atomic E-state index is 12.6. The molecule has 122 valence electrons. The van der Waals surface area contributed by atoms with E-state index in [9.17, 15) is 9.90 Å². The van der Waals surface area contributed by atoms with Crippen molar-refractivity contribution in [1.29, 1.82) is 0 Å². The van der Waals surface area contributed by atoms with Crippen molar-refractivity contribution in [2.24, 2.45) is 0 Å². The fraction of sp³-hybridized carbons (Fsp3) is 0.471. The van der Waals surface area contributed by atoms with Gasteiger partial charge >= 0.3 is 0 Å². The Morgan fingerprint density at radius 3 is 2.87 bits per heavy atom. The molecule has 2 aromatic rings. The molecule has 1 aliphatic heterocycles. The number of carbonyl (C=O) groups excluding carboxylic acids is 1. The largest absolute Gasteiger partial charge is 0.380 e. The summed E-state index contributed by atoms with van der Waals surface area (Å²) in [6.45, 7) is 3.05. The number of benzene rings is 1. The summed E-state index contributed by atoms with van der Waals surface area (Å²) < 4.78 is 1.64. The molecule has 0 aliphatic carbocycles. The first-order chi connectivity index (χ1) is 11.2. The van der Waals surface area contributed by atoms with Crippen molar-refractivity contribution in [3.8, 4) is 0 Å². The van der Waals surface area contributed by atoms with Crippen molar-refractivity contribution < 1.29 is 9.90 Å². The lowest BCUT2D eigenvalue weighted by atomic mass is 10.0. The highest BCUT2D eigenvalue weighted by Crippen LogP contribution is 2.21. The average Bonchev–Trinajstić information content (AvgIpc) is 3.03. The van der Waals surface area contributed by atoms with Crippen molar-refractivity contribution in [3.05, 3.63) is 48.0 Å². The number of rotatable bonds is 4. The first kappa shape index (κ1) is 15.7. The Bertz CT molecular complexity index is 656. The van der Waals surface area contributed by atoms with E-state index in [1.165, 1.54) is 12.7 Å². The molecule has 2 unspecified atom stereocenters. The van der Waals surface area contributed by atoms with Gasteiger partial charge in [-0.3, -0.25) is 4.79 Å². The van der Waals surface area contributed by atoms with Gasteiger partial charge in [0.1, 0.15) is 19.0 Å². The Morgan fingerprint density at radius 1 is 1.35 bits per heavy atom. The van der Waals surface area contributed by atoms with Crippen LogP contribution in [0.2, 0.25) is 0 Å². The summed E-state index contributed by atoms with van der Waals surface area (Å²) in [4.78, 5) is 14.5. The van der Waals surface area contributed by atoms with E-state index in [1.807, 2.05) is 35.2 Å². The molecule has 1 amide bonds. The molecule has 0 saturated carbocycles. The number of aromatic nitrogens is 3. The molecule has 1 aromatic carbocycles. The Morgan fingerprint density at radius 2 is 2.13 bits per heavy atom. The first-order valence-corrected chi connectivity index (χ1v) is 8.07. The molecule has 1 fully saturated rings. The second kappa shape index (κ2) is 6.91. The van der Waals surface area contributed by atoms with Gasteiger partial charge in [-0.15, -0.1) is 10.2 Å². The van der Waals surface area contributed by atoms with Gasteiger partial charge in [-0.05, 0) is 31.7 Å². The highest BCUT2D eigenvalue weighted by Gasteiger charge is 2.25. The van der Waals surface area contributed by atoms with Crippen molar-refractivity contribution >= 4 is 5.91 Å². The summed E-state index contributed by atoms with van der Waals surface area (Å²) >= 11 is 0. The van der Waals surface area contributed by atoms with Crippen LogP contribution in [0.15, 0.2) is 36.7 Å². The molecular formula is C17H22N4O2. The Labute approximate surface area is 135 Å². The summed E-state index contributed by atoms with van der Waals surface area (Å²) in [7, 11) is 0. The van der Waals surface area contributed by atoms with Gasteiger partial charge in [0, 0.05) is 12.6 Å². The highest BCUT2D eigenvalue weighted by molar-refractivity contribution is 5.76. The third kappa shape index (κ3) is 3.42. The van der Waals surface area contributed by atoms with Crippen LogP contribution in [0.5, 0.6) is 0 Å². The fourth-order valence-electron chi connectivity index (χ4n) is 3.09. The van der Waals surface area contributed by atoms with Gasteiger partial charge in [0.25, 0.3) is 0 Å². The smallest absolute Gasteiger partial charge is 0.242 e. The normalized spacial score (nSPS) is 19.6. The Hall–Kier alpha value is -2.21. The number of likely N-dealkylation sites (tertiary alicyclic amines) is 1. The number of amides is 1. The SMILES string of the molecule is CC1CCCCN1C(=O)Cn1cnnc1C(O)c1ccccc1. The molecule has 1 aliphatic rings. The molecule has 1 aromatic heterocycles. The second-order valence-electron chi connectivity index (χ2n) is 6.06. The Balaban J connectivity index is 1.75. The zero-order chi connectivity index (χ0) is 16.2. The number of aliphatic hydroxyl groups is 1. The molecule has 2 heterocycles. The molecule has 1 N–H and O–H groups in total. The molecule has 0 radical (unpaired) electrons. The minimum Gasteiger partial charge on any atom is -0.380 e. The van der Waals surface area contributed by atoms with Crippen LogP contribution in [-0.2, 0) is 11.3 Å². The lowest BCUT2D eigenvalue weighted by Gasteiger charge is -2.33. The van der Waals surface area contributed by atoms with Gasteiger partial charge < -0.3 is 14.6 Å². The van der Waals surface area contributed by atoms with Crippen LogP contribution in [0.4, 0.5) is 0 Å². The van der Waals surface area contributed by atoms with Crippen LogP contribution in [0.3, 0.4) is 0 Å². The Kier molecular flexibility index (Phi) is 4.71. The van der Waals surface area contributed by atoms with Crippen molar-refractivity contribution in [3.63, 3.8) is 0 Å². The molecule has 0 bridgehead atoms. The van der Waals surface area contributed by atoms with Crippen LogP contribution < -0.4 is 0 Å². The molecule has 3 rings (SSSR count). The van der Waals surface area contributed by atoms with Crippen molar-refractivity contribution in [1.82, 2.24) is 19.7 Å². The summed E-state index contributed by atoms with van der Waals surface area (Å²) in [5.74, 6) is 0.452. The van der Waals surface area contributed by atoms with Crippen LogP contribution in [0.1, 0.15) is 43.7 Å².